The van der Waals surface area contributed by atoms with Crippen LogP contribution in [0.4, 0.5) is 4.79 Å². The van der Waals surface area contributed by atoms with Crippen molar-refractivity contribution in [2.24, 2.45) is 5.41 Å². The molecule has 2 amide bonds. The first-order valence-electron chi connectivity index (χ1n) is 7.25. The summed E-state index contributed by atoms with van der Waals surface area (Å²) in [6.45, 7) is 5.03. The molecule has 1 unspecified atom stereocenters. The molecule has 0 bridgehead atoms. The zero-order valence-corrected chi connectivity index (χ0v) is 14.1. The van der Waals surface area contributed by atoms with Gasteiger partial charge in [0.05, 0.1) is 12.7 Å². The number of rotatable bonds is 8. The summed E-state index contributed by atoms with van der Waals surface area (Å²) in [6.07, 6.45) is 0.107. The van der Waals surface area contributed by atoms with Crippen LogP contribution in [0.5, 0.6) is 0 Å². The van der Waals surface area contributed by atoms with Gasteiger partial charge >= 0.3 is 6.03 Å². The Balaban J connectivity index is 2.36. The van der Waals surface area contributed by atoms with Crippen molar-refractivity contribution in [2.75, 3.05) is 26.8 Å². The predicted octanol–water partition coefficient (Wildman–Crippen LogP) is 2.22. The Hall–Kier alpha value is -1.30. The number of urea groups is 1. The summed E-state index contributed by atoms with van der Waals surface area (Å²) >= 11 is 5.98. The number of carbonyl (C=O) groups is 1. The molecule has 0 aliphatic heterocycles. The topological polar surface area (TPSA) is 70.6 Å². The molecule has 0 aromatic heterocycles. The SMILES string of the molecule is COCC(O)CNC(=O)NCC(C)(C)Cc1cccc(Cl)c1. The molecule has 0 saturated carbocycles. The second-order valence-electron chi connectivity index (χ2n) is 6.14. The highest BCUT2D eigenvalue weighted by atomic mass is 35.5. The third kappa shape index (κ3) is 7.64. The number of amides is 2. The molecule has 6 heteroatoms. The van der Waals surface area contributed by atoms with Crippen molar-refractivity contribution in [2.45, 2.75) is 26.4 Å². The Morgan fingerprint density at radius 1 is 1.41 bits per heavy atom. The number of methoxy groups -OCH3 is 1. The molecule has 0 fully saturated rings. The van der Waals surface area contributed by atoms with E-state index in [1.54, 1.807) is 0 Å². The van der Waals surface area contributed by atoms with Crippen LogP contribution in [0.3, 0.4) is 0 Å². The average molecular weight is 329 g/mol. The minimum atomic E-state index is -0.699. The molecule has 1 rings (SSSR count). The van der Waals surface area contributed by atoms with E-state index in [0.717, 1.165) is 12.0 Å². The summed E-state index contributed by atoms with van der Waals surface area (Å²) in [5.41, 5.74) is 1.03. The lowest BCUT2D eigenvalue weighted by molar-refractivity contribution is 0.0659. The van der Waals surface area contributed by atoms with Crippen LogP contribution in [-0.4, -0.2) is 44.0 Å². The molecule has 0 aliphatic carbocycles. The molecule has 1 aromatic carbocycles. The van der Waals surface area contributed by atoms with E-state index in [0.29, 0.717) is 11.6 Å². The van der Waals surface area contributed by atoms with Gasteiger partial charge in [-0.2, -0.15) is 0 Å². The Bertz CT molecular complexity index is 480. The van der Waals surface area contributed by atoms with Crippen LogP contribution < -0.4 is 10.6 Å². The van der Waals surface area contributed by atoms with Crippen LogP contribution in [-0.2, 0) is 11.2 Å². The lowest BCUT2D eigenvalue weighted by atomic mass is 9.86. The Morgan fingerprint density at radius 2 is 2.14 bits per heavy atom. The zero-order valence-electron chi connectivity index (χ0n) is 13.4. The number of benzene rings is 1. The molecule has 124 valence electrons. The summed E-state index contributed by atoms with van der Waals surface area (Å²) in [4.78, 5) is 11.7. The minimum absolute atomic E-state index is 0.104. The lowest BCUT2D eigenvalue weighted by Crippen LogP contribution is -2.44. The molecular formula is C16H25ClN2O3. The van der Waals surface area contributed by atoms with Gasteiger partial charge in [0, 0.05) is 25.2 Å². The molecule has 22 heavy (non-hydrogen) atoms. The molecule has 1 aromatic rings. The first-order chi connectivity index (χ1) is 10.3. The van der Waals surface area contributed by atoms with E-state index in [1.165, 1.54) is 7.11 Å². The van der Waals surface area contributed by atoms with E-state index in [1.807, 2.05) is 24.3 Å². The van der Waals surface area contributed by atoms with Gasteiger partial charge in [0.1, 0.15) is 0 Å². The van der Waals surface area contributed by atoms with Crippen molar-refractivity contribution in [1.29, 1.82) is 0 Å². The van der Waals surface area contributed by atoms with Gasteiger partial charge in [-0.05, 0) is 29.5 Å². The monoisotopic (exact) mass is 328 g/mol. The largest absolute Gasteiger partial charge is 0.389 e. The zero-order chi connectivity index (χ0) is 16.6. The van der Waals surface area contributed by atoms with Gasteiger partial charge in [-0.1, -0.05) is 37.6 Å². The molecule has 5 nitrogen and oxygen atoms in total. The molecule has 0 aliphatic rings. The van der Waals surface area contributed by atoms with Crippen molar-refractivity contribution < 1.29 is 14.6 Å². The second-order valence-corrected chi connectivity index (χ2v) is 6.58. The molecule has 0 spiro atoms. The van der Waals surface area contributed by atoms with E-state index in [4.69, 9.17) is 16.3 Å². The third-order valence-corrected chi connectivity index (χ3v) is 3.39. The van der Waals surface area contributed by atoms with Gasteiger partial charge in [-0.15, -0.1) is 0 Å². The Kier molecular flexibility index (Phi) is 7.65. The number of hydrogen-bond donors (Lipinski definition) is 3. The van der Waals surface area contributed by atoms with Crippen LogP contribution in [0.2, 0.25) is 5.02 Å². The van der Waals surface area contributed by atoms with E-state index in [9.17, 15) is 9.90 Å². The molecule has 1 atom stereocenters. The minimum Gasteiger partial charge on any atom is -0.389 e. The van der Waals surface area contributed by atoms with Crippen LogP contribution in [0, 0.1) is 5.41 Å². The van der Waals surface area contributed by atoms with E-state index < -0.39 is 6.10 Å². The van der Waals surface area contributed by atoms with Gasteiger partial charge in [-0.25, -0.2) is 4.79 Å². The highest BCUT2D eigenvalue weighted by molar-refractivity contribution is 6.30. The van der Waals surface area contributed by atoms with Gasteiger partial charge in [-0.3, -0.25) is 0 Å². The van der Waals surface area contributed by atoms with Crippen LogP contribution in [0.25, 0.3) is 0 Å². The van der Waals surface area contributed by atoms with Crippen LogP contribution in [0.1, 0.15) is 19.4 Å². The van der Waals surface area contributed by atoms with Crippen molar-refractivity contribution in [3.63, 3.8) is 0 Å². The quantitative estimate of drug-likeness (QED) is 0.685. The Labute approximate surface area is 137 Å². The van der Waals surface area contributed by atoms with Gasteiger partial charge < -0.3 is 20.5 Å². The maximum atomic E-state index is 11.7. The number of carbonyl (C=O) groups excluding carboxylic acids is 1. The van der Waals surface area contributed by atoms with Crippen molar-refractivity contribution in [3.05, 3.63) is 34.9 Å². The first-order valence-corrected chi connectivity index (χ1v) is 7.63. The first kappa shape index (κ1) is 18.7. The normalized spacial score (nSPS) is 12.8. The number of hydrogen-bond acceptors (Lipinski definition) is 3. The fraction of sp³-hybridized carbons (Fsp3) is 0.562. The van der Waals surface area contributed by atoms with Crippen molar-refractivity contribution in [1.82, 2.24) is 10.6 Å². The Morgan fingerprint density at radius 3 is 2.77 bits per heavy atom. The predicted molar refractivity (Wildman–Crippen MR) is 88.2 cm³/mol. The van der Waals surface area contributed by atoms with E-state index >= 15 is 0 Å². The van der Waals surface area contributed by atoms with Gasteiger partial charge in [0.25, 0.3) is 0 Å². The highest BCUT2D eigenvalue weighted by Crippen LogP contribution is 2.22. The average Bonchev–Trinajstić information content (AvgIpc) is 2.43. The smallest absolute Gasteiger partial charge is 0.314 e. The molecular weight excluding hydrogens is 304 g/mol. The van der Waals surface area contributed by atoms with E-state index in [2.05, 4.69) is 24.5 Å². The lowest BCUT2D eigenvalue weighted by Gasteiger charge is -2.25. The standard InChI is InChI=1S/C16H25ClN2O3/c1-16(2,8-12-5-4-6-13(17)7-12)11-19-15(21)18-9-14(20)10-22-3/h4-7,14,20H,8-11H2,1-3H3,(H2,18,19,21). The number of aliphatic hydroxyl groups excluding tert-OH is 1. The maximum absolute atomic E-state index is 11.7. The molecule has 0 radical (unpaired) electrons. The number of aliphatic hydroxyl groups is 1. The number of nitrogens with one attached hydrogen (secondary N) is 2. The van der Waals surface area contributed by atoms with Crippen molar-refractivity contribution in [3.8, 4) is 0 Å². The summed E-state index contributed by atoms with van der Waals surface area (Å²) in [7, 11) is 1.50. The second kappa shape index (κ2) is 8.98. The van der Waals surface area contributed by atoms with Crippen LogP contribution >= 0.6 is 11.6 Å². The number of halogens is 1. The number of ether oxygens (including phenoxy) is 1. The van der Waals surface area contributed by atoms with Crippen LogP contribution in [0.15, 0.2) is 24.3 Å². The van der Waals surface area contributed by atoms with Gasteiger partial charge in [0.15, 0.2) is 0 Å². The fourth-order valence-corrected chi connectivity index (χ4v) is 2.32. The summed E-state index contributed by atoms with van der Waals surface area (Å²) in [5, 5.41) is 15.6. The fourth-order valence-electron chi connectivity index (χ4n) is 2.11. The van der Waals surface area contributed by atoms with Crippen molar-refractivity contribution >= 4 is 17.6 Å². The van der Waals surface area contributed by atoms with E-state index in [-0.39, 0.29) is 24.6 Å². The third-order valence-electron chi connectivity index (χ3n) is 3.16. The summed E-state index contributed by atoms with van der Waals surface area (Å²) in [6, 6.07) is 7.42. The maximum Gasteiger partial charge on any atom is 0.314 e. The van der Waals surface area contributed by atoms with Gasteiger partial charge in [0.2, 0.25) is 0 Å². The molecule has 0 saturated heterocycles. The summed E-state index contributed by atoms with van der Waals surface area (Å²) in [5.74, 6) is 0. The highest BCUT2D eigenvalue weighted by Gasteiger charge is 2.20. The molecule has 0 heterocycles. The summed E-state index contributed by atoms with van der Waals surface area (Å²) < 4.78 is 4.79. The molecule has 3 N–H and O–H groups in total.